The van der Waals surface area contributed by atoms with Crippen molar-refractivity contribution >= 4 is 17.7 Å². The topological polar surface area (TPSA) is 95.3 Å². The molecule has 0 unspecified atom stereocenters. The smallest absolute Gasteiger partial charge is 0.189 e. The highest BCUT2D eigenvalue weighted by molar-refractivity contribution is 7.98. The third-order valence-electron chi connectivity index (χ3n) is 3.81. The predicted octanol–water partition coefficient (Wildman–Crippen LogP) is 2.09. The molecule has 0 fully saturated rings. The van der Waals surface area contributed by atoms with E-state index < -0.39 is 5.97 Å². The van der Waals surface area contributed by atoms with Gasteiger partial charge >= 0.3 is 0 Å². The van der Waals surface area contributed by atoms with Crippen LogP contribution in [-0.2, 0) is 17.1 Å². The van der Waals surface area contributed by atoms with Crippen LogP contribution in [0.2, 0.25) is 0 Å². The van der Waals surface area contributed by atoms with Crippen molar-refractivity contribution in [2.24, 2.45) is 0 Å². The van der Waals surface area contributed by atoms with Crippen molar-refractivity contribution in [2.75, 3.05) is 6.79 Å². The van der Waals surface area contributed by atoms with Gasteiger partial charge < -0.3 is 19.4 Å². The second kappa shape index (κ2) is 7.13. The summed E-state index contributed by atoms with van der Waals surface area (Å²) in [6.07, 6.45) is 0. The van der Waals surface area contributed by atoms with E-state index >= 15 is 0 Å². The highest BCUT2D eigenvalue weighted by Gasteiger charge is 2.18. The average molecular weight is 355 g/mol. The Labute approximate surface area is 149 Å². The Morgan fingerprint density at radius 3 is 2.92 bits per heavy atom. The fourth-order valence-electron chi connectivity index (χ4n) is 2.71. The number of carboxylic acid groups (broad SMARTS) is 1. The van der Waals surface area contributed by atoms with Gasteiger partial charge in [-0.05, 0) is 43.2 Å². The molecule has 0 bridgehead atoms. The van der Waals surface area contributed by atoms with E-state index in [0.29, 0.717) is 34.3 Å². The highest BCUT2D eigenvalue weighted by atomic mass is 32.2. The maximum absolute atomic E-state index is 11.2. The Bertz CT molecular complexity index is 890. The van der Waals surface area contributed by atoms with Crippen LogP contribution in [0, 0.1) is 25.2 Å². The van der Waals surface area contributed by atoms with Crippen molar-refractivity contribution in [1.29, 1.82) is 5.26 Å². The number of nitrogens with zero attached hydrogens (tertiary/aromatic N) is 2. The first-order chi connectivity index (χ1) is 12.0. The molecule has 2 heterocycles. The van der Waals surface area contributed by atoms with Crippen molar-refractivity contribution in [1.82, 2.24) is 4.98 Å². The van der Waals surface area contributed by atoms with Crippen LogP contribution in [0.3, 0.4) is 0 Å². The van der Waals surface area contributed by atoms with Gasteiger partial charge in [0.2, 0.25) is 0 Å². The minimum absolute atomic E-state index is 0.0809. The van der Waals surface area contributed by atoms with Crippen LogP contribution < -0.4 is 9.84 Å². The molecule has 0 saturated carbocycles. The zero-order valence-corrected chi connectivity index (χ0v) is 14.6. The molecule has 1 aliphatic heterocycles. The summed E-state index contributed by atoms with van der Waals surface area (Å²) in [6, 6.07) is 7.09. The summed E-state index contributed by atoms with van der Waals surface area (Å²) < 4.78 is 10.8. The molecule has 0 spiro atoms. The number of carbonyl (C=O) groups is 1. The quantitative estimate of drug-likeness (QED) is 0.775. The number of rotatable bonds is 4. The number of aryl methyl sites for hydroxylation is 2. The summed E-state index contributed by atoms with van der Waals surface area (Å²) in [5.74, 6) is -0.193. The summed E-state index contributed by atoms with van der Waals surface area (Å²) in [5, 5.41) is 21.2. The van der Waals surface area contributed by atoms with E-state index in [2.05, 4.69) is 11.1 Å². The van der Waals surface area contributed by atoms with Crippen LogP contribution in [0.5, 0.6) is 5.75 Å². The van der Waals surface area contributed by atoms with Crippen molar-refractivity contribution in [2.45, 2.75) is 31.2 Å². The van der Waals surface area contributed by atoms with Gasteiger partial charge in [-0.1, -0.05) is 0 Å². The Kier molecular flexibility index (Phi) is 4.93. The van der Waals surface area contributed by atoms with Gasteiger partial charge in [-0.25, -0.2) is 4.98 Å². The number of fused-ring (bicyclic) bond motifs is 1. The molecule has 1 aromatic carbocycles. The molecule has 7 heteroatoms. The predicted molar refractivity (Wildman–Crippen MR) is 89.0 cm³/mol. The van der Waals surface area contributed by atoms with Gasteiger partial charge in [0.1, 0.15) is 16.8 Å². The number of carbonyl (C=O) groups excluding carboxylic acids is 1. The average Bonchev–Trinajstić information content (AvgIpc) is 2.59. The van der Waals surface area contributed by atoms with Crippen LogP contribution in [0.25, 0.3) is 0 Å². The van der Waals surface area contributed by atoms with E-state index in [1.807, 2.05) is 19.9 Å². The molecular formula is C18H15N2O4S-. The number of thioether (sulfide) groups is 1. The summed E-state index contributed by atoms with van der Waals surface area (Å²) in [4.78, 5) is 15.7. The minimum Gasteiger partial charge on any atom is -0.545 e. The number of hydrogen-bond donors (Lipinski definition) is 0. The van der Waals surface area contributed by atoms with E-state index in [9.17, 15) is 15.2 Å². The van der Waals surface area contributed by atoms with Crippen molar-refractivity contribution in [3.63, 3.8) is 0 Å². The second-order valence-corrected chi connectivity index (χ2v) is 6.65. The molecule has 0 atom stereocenters. The lowest BCUT2D eigenvalue weighted by molar-refractivity contribution is -0.255. The van der Waals surface area contributed by atoms with Gasteiger partial charge in [-0.15, -0.1) is 11.8 Å². The van der Waals surface area contributed by atoms with E-state index in [0.717, 1.165) is 16.8 Å². The number of carboxylic acids is 1. The number of ether oxygens (including phenoxy) is 2. The summed E-state index contributed by atoms with van der Waals surface area (Å²) in [6.45, 7) is 4.16. The lowest BCUT2D eigenvalue weighted by Crippen LogP contribution is -2.23. The lowest BCUT2D eigenvalue weighted by Gasteiger charge is -2.22. The Morgan fingerprint density at radius 2 is 2.20 bits per heavy atom. The van der Waals surface area contributed by atoms with Gasteiger partial charge in [0, 0.05) is 22.6 Å². The number of pyridine rings is 1. The monoisotopic (exact) mass is 355 g/mol. The first-order valence-corrected chi connectivity index (χ1v) is 8.57. The fourth-order valence-corrected chi connectivity index (χ4v) is 3.78. The number of benzene rings is 1. The molecule has 0 amide bonds. The molecular weight excluding hydrogens is 340 g/mol. The van der Waals surface area contributed by atoms with Crippen molar-refractivity contribution < 1.29 is 19.4 Å². The molecule has 0 saturated heterocycles. The molecule has 6 nitrogen and oxygen atoms in total. The third-order valence-corrected chi connectivity index (χ3v) is 4.83. The molecule has 1 aliphatic rings. The molecule has 3 rings (SSSR count). The van der Waals surface area contributed by atoms with Crippen LogP contribution in [0.15, 0.2) is 23.2 Å². The fraction of sp³-hybridized carbons (Fsp3) is 0.278. The SMILES string of the molecule is Cc1cc(C)c(C#N)c(SCc2cc(C(=O)[O-])cc3c2OCOC3)n1. The summed E-state index contributed by atoms with van der Waals surface area (Å²) >= 11 is 1.38. The second-order valence-electron chi connectivity index (χ2n) is 5.68. The van der Waals surface area contributed by atoms with E-state index in [4.69, 9.17) is 9.47 Å². The van der Waals surface area contributed by atoms with Crippen LogP contribution in [0.4, 0.5) is 0 Å². The lowest BCUT2D eigenvalue weighted by atomic mass is 10.0. The summed E-state index contributed by atoms with van der Waals surface area (Å²) in [7, 11) is 0. The van der Waals surface area contributed by atoms with Gasteiger partial charge in [0.15, 0.2) is 6.79 Å². The zero-order valence-electron chi connectivity index (χ0n) is 13.8. The van der Waals surface area contributed by atoms with Crippen LogP contribution in [-0.4, -0.2) is 17.7 Å². The molecule has 2 aromatic rings. The maximum Gasteiger partial charge on any atom is 0.189 e. The number of aromatic nitrogens is 1. The van der Waals surface area contributed by atoms with Gasteiger partial charge in [-0.2, -0.15) is 5.26 Å². The Hall–Kier alpha value is -2.56. The van der Waals surface area contributed by atoms with E-state index in [1.54, 1.807) is 6.07 Å². The first-order valence-electron chi connectivity index (χ1n) is 7.58. The van der Waals surface area contributed by atoms with E-state index in [-0.39, 0.29) is 12.4 Å². The van der Waals surface area contributed by atoms with Crippen molar-refractivity contribution in [3.05, 3.63) is 51.7 Å². The first kappa shape index (κ1) is 17.3. The Balaban J connectivity index is 1.95. The molecule has 0 radical (unpaired) electrons. The molecule has 0 N–H and O–H groups in total. The number of hydrogen-bond acceptors (Lipinski definition) is 7. The molecule has 25 heavy (non-hydrogen) atoms. The number of nitriles is 1. The molecule has 0 aliphatic carbocycles. The maximum atomic E-state index is 11.2. The van der Waals surface area contributed by atoms with Gasteiger partial charge in [0.05, 0.1) is 18.1 Å². The van der Waals surface area contributed by atoms with Crippen LogP contribution >= 0.6 is 11.8 Å². The molecule has 128 valence electrons. The van der Waals surface area contributed by atoms with Crippen LogP contribution in [0.1, 0.15) is 38.3 Å². The standard InChI is InChI=1S/C18H16N2O4S/c1-10-3-11(2)20-17(15(10)6-19)25-8-14-5-12(18(21)22)4-13-7-23-9-24-16(13)14/h3-5H,7-9H2,1-2H3,(H,21,22)/p-1. The van der Waals surface area contributed by atoms with E-state index in [1.165, 1.54) is 17.8 Å². The largest absolute Gasteiger partial charge is 0.545 e. The Morgan fingerprint density at radius 1 is 1.40 bits per heavy atom. The van der Waals surface area contributed by atoms with Gasteiger partial charge in [0.25, 0.3) is 0 Å². The molecule has 1 aromatic heterocycles. The minimum atomic E-state index is -1.25. The zero-order chi connectivity index (χ0) is 18.0. The normalized spacial score (nSPS) is 12.8. The third kappa shape index (κ3) is 3.60. The summed E-state index contributed by atoms with van der Waals surface area (Å²) in [5.41, 5.74) is 3.70. The number of aromatic carboxylic acids is 1. The highest BCUT2D eigenvalue weighted by Crippen LogP contribution is 2.35. The van der Waals surface area contributed by atoms with Gasteiger partial charge in [-0.3, -0.25) is 0 Å². The van der Waals surface area contributed by atoms with Crippen molar-refractivity contribution in [3.8, 4) is 11.8 Å².